The SMILES string of the molecule is O=C(NC1COC1)c1nn[nH]n1. The van der Waals surface area contributed by atoms with E-state index in [2.05, 4.69) is 25.9 Å². The molecule has 0 bridgehead atoms. The van der Waals surface area contributed by atoms with Crippen molar-refractivity contribution in [2.75, 3.05) is 13.2 Å². The molecule has 1 amide bonds. The predicted octanol–water partition coefficient (Wildman–Crippen LogP) is -1.67. The van der Waals surface area contributed by atoms with Crippen LogP contribution in [0.3, 0.4) is 0 Å². The summed E-state index contributed by atoms with van der Waals surface area (Å²) < 4.78 is 4.87. The van der Waals surface area contributed by atoms with Crippen LogP contribution in [0, 0.1) is 0 Å². The van der Waals surface area contributed by atoms with Gasteiger partial charge in [0.25, 0.3) is 11.7 Å². The average Bonchev–Trinajstić information content (AvgIpc) is 2.47. The predicted molar refractivity (Wildman–Crippen MR) is 36.3 cm³/mol. The third kappa shape index (κ3) is 1.26. The van der Waals surface area contributed by atoms with Crippen LogP contribution in [-0.2, 0) is 4.74 Å². The number of aromatic amines is 1. The van der Waals surface area contributed by atoms with Crippen molar-refractivity contribution < 1.29 is 9.53 Å². The van der Waals surface area contributed by atoms with Gasteiger partial charge in [0.1, 0.15) is 0 Å². The van der Waals surface area contributed by atoms with Gasteiger partial charge in [-0.15, -0.1) is 10.2 Å². The van der Waals surface area contributed by atoms with Crippen molar-refractivity contribution in [2.45, 2.75) is 6.04 Å². The van der Waals surface area contributed by atoms with Gasteiger partial charge in [0.2, 0.25) is 0 Å². The van der Waals surface area contributed by atoms with Crippen LogP contribution < -0.4 is 5.32 Å². The van der Waals surface area contributed by atoms with Crippen LogP contribution in [0.4, 0.5) is 0 Å². The highest BCUT2D eigenvalue weighted by Gasteiger charge is 2.22. The average molecular weight is 169 g/mol. The smallest absolute Gasteiger partial charge is 0.293 e. The summed E-state index contributed by atoms with van der Waals surface area (Å²) in [5.74, 6) is -0.265. The molecule has 1 aromatic heterocycles. The first-order valence-corrected chi connectivity index (χ1v) is 3.48. The quantitative estimate of drug-likeness (QED) is 0.552. The minimum Gasteiger partial charge on any atom is -0.377 e. The largest absolute Gasteiger partial charge is 0.377 e. The second kappa shape index (κ2) is 2.86. The molecule has 12 heavy (non-hydrogen) atoms. The van der Waals surface area contributed by atoms with Crippen LogP contribution >= 0.6 is 0 Å². The van der Waals surface area contributed by atoms with E-state index in [1.807, 2.05) is 0 Å². The molecule has 0 aliphatic carbocycles. The number of hydrogen-bond donors (Lipinski definition) is 2. The van der Waals surface area contributed by atoms with E-state index in [1.54, 1.807) is 0 Å². The lowest BCUT2D eigenvalue weighted by Gasteiger charge is -2.25. The third-order valence-electron chi connectivity index (χ3n) is 1.52. The molecule has 0 aromatic carbocycles. The monoisotopic (exact) mass is 169 g/mol. The fourth-order valence-electron chi connectivity index (χ4n) is 0.827. The van der Waals surface area contributed by atoms with Crippen molar-refractivity contribution in [1.29, 1.82) is 0 Å². The lowest BCUT2D eigenvalue weighted by molar-refractivity contribution is -0.00364. The summed E-state index contributed by atoms with van der Waals surface area (Å²) in [5.41, 5.74) is 0. The molecular formula is C5H7N5O2. The van der Waals surface area contributed by atoms with E-state index in [0.717, 1.165) is 0 Å². The van der Waals surface area contributed by atoms with Crippen LogP contribution in [0.15, 0.2) is 0 Å². The molecule has 1 aliphatic heterocycles. The molecule has 1 aliphatic rings. The van der Waals surface area contributed by atoms with Crippen LogP contribution in [0.2, 0.25) is 0 Å². The van der Waals surface area contributed by atoms with Gasteiger partial charge < -0.3 is 10.1 Å². The van der Waals surface area contributed by atoms with E-state index in [0.29, 0.717) is 13.2 Å². The number of carbonyl (C=O) groups is 1. The van der Waals surface area contributed by atoms with Crippen LogP contribution in [0.1, 0.15) is 10.6 Å². The Morgan fingerprint density at radius 2 is 2.50 bits per heavy atom. The zero-order valence-electron chi connectivity index (χ0n) is 6.15. The number of aromatic nitrogens is 4. The summed E-state index contributed by atoms with van der Waals surface area (Å²) in [4.78, 5) is 11.2. The molecule has 2 heterocycles. The van der Waals surface area contributed by atoms with Crippen LogP contribution in [-0.4, -0.2) is 45.8 Å². The molecule has 0 atom stereocenters. The van der Waals surface area contributed by atoms with Crippen molar-refractivity contribution in [3.8, 4) is 0 Å². The van der Waals surface area contributed by atoms with Gasteiger partial charge in [-0.2, -0.15) is 5.21 Å². The lowest BCUT2D eigenvalue weighted by atomic mass is 10.2. The minimum atomic E-state index is -0.322. The van der Waals surface area contributed by atoms with E-state index in [-0.39, 0.29) is 17.8 Å². The number of amides is 1. The highest BCUT2D eigenvalue weighted by Crippen LogP contribution is 1.99. The molecule has 2 N–H and O–H groups in total. The van der Waals surface area contributed by atoms with Gasteiger partial charge in [0.15, 0.2) is 0 Å². The van der Waals surface area contributed by atoms with Gasteiger partial charge in [-0.1, -0.05) is 0 Å². The molecule has 64 valence electrons. The van der Waals surface area contributed by atoms with E-state index in [4.69, 9.17) is 4.74 Å². The van der Waals surface area contributed by atoms with Crippen LogP contribution in [0.25, 0.3) is 0 Å². The fraction of sp³-hybridized carbons (Fsp3) is 0.600. The molecule has 1 aromatic rings. The number of H-pyrrole nitrogens is 1. The molecule has 0 spiro atoms. The van der Waals surface area contributed by atoms with Crippen LogP contribution in [0.5, 0.6) is 0 Å². The van der Waals surface area contributed by atoms with Gasteiger partial charge in [0, 0.05) is 0 Å². The Bertz CT molecular complexity index is 267. The summed E-state index contributed by atoms with van der Waals surface area (Å²) >= 11 is 0. The topological polar surface area (TPSA) is 92.8 Å². The molecule has 7 nitrogen and oxygen atoms in total. The Balaban J connectivity index is 1.92. The van der Waals surface area contributed by atoms with Gasteiger partial charge in [-0.25, -0.2) is 0 Å². The van der Waals surface area contributed by atoms with Gasteiger partial charge in [-0.3, -0.25) is 4.79 Å². The summed E-state index contributed by atoms with van der Waals surface area (Å²) in [6.45, 7) is 1.12. The Kier molecular flexibility index (Phi) is 1.71. The second-order valence-electron chi connectivity index (χ2n) is 2.44. The van der Waals surface area contributed by atoms with E-state index < -0.39 is 0 Å². The van der Waals surface area contributed by atoms with Crippen molar-refractivity contribution >= 4 is 5.91 Å². The Hall–Kier alpha value is -1.50. The number of nitrogens with zero attached hydrogens (tertiary/aromatic N) is 3. The maximum atomic E-state index is 11.2. The standard InChI is InChI=1S/C5H7N5O2/c11-5(4-7-9-10-8-4)6-3-1-12-2-3/h3H,1-2H2,(H,6,11)(H,7,8,9,10). The van der Waals surface area contributed by atoms with Gasteiger partial charge in [0.05, 0.1) is 19.3 Å². The molecule has 1 fully saturated rings. The highest BCUT2D eigenvalue weighted by atomic mass is 16.5. The number of tetrazole rings is 1. The first kappa shape index (κ1) is 7.17. The Labute approximate surface area is 67.5 Å². The van der Waals surface area contributed by atoms with E-state index in [9.17, 15) is 4.79 Å². The summed E-state index contributed by atoms with van der Waals surface area (Å²) in [7, 11) is 0. The van der Waals surface area contributed by atoms with Crippen molar-refractivity contribution in [3.63, 3.8) is 0 Å². The van der Waals surface area contributed by atoms with Gasteiger partial charge in [-0.05, 0) is 5.21 Å². The maximum Gasteiger partial charge on any atom is 0.293 e. The normalized spacial score (nSPS) is 17.0. The molecule has 2 rings (SSSR count). The molecule has 7 heteroatoms. The number of ether oxygens (including phenoxy) is 1. The van der Waals surface area contributed by atoms with E-state index in [1.165, 1.54) is 0 Å². The molecule has 1 saturated heterocycles. The second-order valence-corrected chi connectivity index (χ2v) is 2.44. The number of nitrogens with one attached hydrogen (secondary N) is 2. The zero-order chi connectivity index (χ0) is 8.39. The third-order valence-corrected chi connectivity index (χ3v) is 1.52. The highest BCUT2D eigenvalue weighted by molar-refractivity contribution is 5.90. The molecular weight excluding hydrogens is 162 g/mol. The summed E-state index contributed by atoms with van der Waals surface area (Å²) in [5, 5.41) is 15.2. The van der Waals surface area contributed by atoms with Gasteiger partial charge >= 0.3 is 0 Å². The van der Waals surface area contributed by atoms with Crippen molar-refractivity contribution in [2.24, 2.45) is 0 Å². The zero-order valence-corrected chi connectivity index (χ0v) is 6.15. The number of carbonyl (C=O) groups excluding carboxylic acids is 1. The van der Waals surface area contributed by atoms with Crippen molar-refractivity contribution in [3.05, 3.63) is 5.82 Å². The maximum absolute atomic E-state index is 11.2. The number of rotatable bonds is 2. The fourth-order valence-corrected chi connectivity index (χ4v) is 0.827. The first-order chi connectivity index (χ1) is 5.86. The molecule has 0 unspecified atom stereocenters. The Morgan fingerprint density at radius 1 is 1.67 bits per heavy atom. The summed E-state index contributed by atoms with van der Waals surface area (Å²) in [6, 6.07) is 0.0935. The molecule has 0 radical (unpaired) electrons. The minimum absolute atomic E-state index is 0.0573. The first-order valence-electron chi connectivity index (χ1n) is 3.48. The lowest BCUT2D eigenvalue weighted by Crippen LogP contribution is -2.48. The van der Waals surface area contributed by atoms with Crippen molar-refractivity contribution in [1.82, 2.24) is 25.9 Å². The summed E-state index contributed by atoms with van der Waals surface area (Å²) in [6.07, 6.45) is 0. The Morgan fingerprint density at radius 3 is 3.00 bits per heavy atom. The number of hydrogen-bond acceptors (Lipinski definition) is 5. The molecule has 0 saturated carbocycles. The van der Waals surface area contributed by atoms with E-state index >= 15 is 0 Å².